The first-order chi connectivity index (χ1) is 14.1. The van der Waals surface area contributed by atoms with E-state index in [9.17, 15) is 9.59 Å². The number of benzene rings is 2. The van der Waals surface area contributed by atoms with E-state index in [4.69, 9.17) is 0 Å². The molecular formula is C23H30N4O2. The first-order valence-corrected chi connectivity index (χ1v) is 10.3. The van der Waals surface area contributed by atoms with Crippen LogP contribution in [0.15, 0.2) is 54.6 Å². The Morgan fingerprint density at radius 2 is 1.76 bits per heavy atom. The second-order valence-electron chi connectivity index (χ2n) is 7.58. The van der Waals surface area contributed by atoms with Crippen molar-refractivity contribution in [3.8, 4) is 0 Å². The van der Waals surface area contributed by atoms with E-state index in [2.05, 4.69) is 20.9 Å². The van der Waals surface area contributed by atoms with Crippen molar-refractivity contribution in [2.75, 3.05) is 25.0 Å². The number of carbonyl (C=O) groups excluding carboxylic acids is 2. The van der Waals surface area contributed by atoms with E-state index in [-0.39, 0.29) is 18.0 Å². The lowest BCUT2D eigenvalue weighted by molar-refractivity contribution is -0.123. The Bertz CT molecular complexity index is 792. The Labute approximate surface area is 172 Å². The molecule has 154 valence electrons. The van der Waals surface area contributed by atoms with Gasteiger partial charge >= 0.3 is 6.03 Å². The SMILES string of the molecule is Cc1ccc(CNC(=O)CN2CCCC[C@@H]2CNC(=O)Nc2ccccc2)cc1. The molecule has 2 aromatic carbocycles. The zero-order valence-corrected chi connectivity index (χ0v) is 17.0. The highest BCUT2D eigenvalue weighted by molar-refractivity contribution is 5.89. The quantitative estimate of drug-likeness (QED) is 0.675. The van der Waals surface area contributed by atoms with Gasteiger partial charge in [-0.3, -0.25) is 9.69 Å². The minimum atomic E-state index is -0.217. The summed E-state index contributed by atoms with van der Waals surface area (Å²) in [6, 6.07) is 17.5. The standard InChI is InChI=1S/C23H30N4O2/c1-18-10-12-19(13-11-18)15-24-22(28)17-27-14-6-5-9-21(27)16-25-23(29)26-20-7-3-2-4-8-20/h2-4,7-8,10-13,21H,5-6,9,14-17H2,1H3,(H,24,28)(H2,25,26,29)/t21-/m1/s1. The van der Waals surface area contributed by atoms with Crippen LogP contribution >= 0.6 is 0 Å². The van der Waals surface area contributed by atoms with Crippen molar-refractivity contribution in [1.82, 2.24) is 15.5 Å². The molecular weight excluding hydrogens is 364 g/mol. The minimum absolute atomic E-state index is 0.0196. The lowest BCUT2D eigenvalue weighted by Crippen LogP contribution is -2.50. The van der Waals surface area contributed by atoms with Gasteiger partial charge in [0, 0.05) is 24.8 Å². The van der Waals surface area contributed by atoms with Gasteiger partial charge in [-0.1, -0.05) is 54.4 Å². The van der Waals surface area contributed by atoms with Gasteiger partial charge in [0.25, 0.3) is 0 Å². The van der Waals surface area contributed by atoms with Gasteiger partial charge in [0.2, 0.25) is 5.91 Å². The molecule has 0 saturated carbocycles. The fourth-order valence-corrected chi connectivity index (χ4v) is 3.55. The van der Waals surface area contributed by atoms with E-state index in [1.165, 1.54) is 5.56 Å². The maximum absolute atomic E-state index is 12.4. The highest BCUT2D eigenvalue weighted by Crippen LogP contribution is 2.16. The zero-order valence-electron chi connectivity index (χ0n) is 17.0. The number of piperidine rings is 1. The third-order valence-electron chi connectivity index (χ3n) is 5.24. The average molecular weight is 395 g/mol. The molecule has 0 aliphatic carbocycles. The molecule has 3 rings (SSSR count). The van der Waals surface area contributed by atoms with Crippen LogP contribution in [0.1, 0.15) is 30.4 Å². The highest BCUT2D eigenvalue weighted by Gasteiger charge is 2.24. The van der Waals surface area contributed by atoms with Crippen molar-refractivity contribution in [2.24, 2.45) is 0 Å². The zero-order chi connectivity index (χ0) is 20.5. The van der Waals surface area contributed by atoms with Gasteiger partial charge < -0.3 is 16.0 Å². The summed E-state index contributed by atoms with van der Waals surface area (Å²) in [7, 11) is 0. The molecule has 1 aliphatic rings. The van der Waals surface area contributed by atoms with Crippen molar-refractivity contribution < 1.29 is 9.59 Å². The molecule has 6 heteroatoms. The van der Waals surface area contributed by atoms with Gasteiger partial charge in [0.15, 0.2) is 0 Å². The number of nitrogens with zero attached hydrogens (tertiary/aromatic N) is 1. The van der Waals surface area contributed by atoms with Crippen LogP contribution in [0.2, 0.25) is 0 Å². The molecule has 0 aromatic heterocycles. The fraction of sp³-hybridized carbons (Fsp3) is 0.391. The summed E-state index contributed by atoms with van der Waals surface area (Å²) in [6.07, 6.45) is 3.18. The van der Waals surface area contributed by atoms with Crippen LogP contribution in [0.25, 0.3) is 0 Å². The van der Waals surface area contributed by atoms with Crippen molar-refractivity contribution in [3.05, 3.63) is 65.7 Å². The summed E-state index contributed by atoms with van der Waals surface area (Å²) in [4.78, 5) is 26.7. The Morgan fingerprint density at radius 3 is 2.52 bits per heavy atom. The predicted octanol–water partition coefficient (Wildman–Crippen LogP) is 3.29. The number of urea groups is 1. The van der Waals surface area contributed by atoms with Crippen molar-refractivity contribution >= 4 is 17.6 Å². The van der Waals surface area contributed by atoms with Gasteiger partial charge in [0.05, 0.1) is 6.54 Å². The summed E-state index contributed by atoms with van der Waals surface area (Å²) in [6.45, 7) is 4.36. The largest absolute Gasteiger partial charge is 0.351 e. The monoisotopic (exact) mass is 394 g/mol. The van der Waals surface area contributed by atoms with Crippen molar-refractivity contribution in [1.29, 1.82) is 0 Å². The Balaban J connectivity index is 1.44. The van der Waals surface area contributed by atoms with E-state index >= 15 is 0 Å². The molecule has 1 fully saturated rings. The molecule has 29 heavy (non-hydrogen) atoms. The summed E-state index contributed by atoms with van der Waals surface area (Å²) in [5.41, 5.74) is 3.07. The van der Waals surface area contributed by atoms with Crippen LogP contribution in [0.3, 0.4) is 0 Å². The third kappa shape index (κ3) is 6.91. The Kier molecular flexibility index (Phi) is 7.64. The van der Waals surface area contributed by atoms with Gasteiger partial charge in [-0.15, -0.1) is 0 Å². The number of aryl methyl sites for hydroxylation is 1. The second-order valence-corrected chi connectivity index (χ2v) is 7.58. The van der Waals surface area contributed by atoms with E-state index < -0.39 is 0 Å². The van der Waals surface area contributed by atoms with Crippen LogP contribution in [-0.4, -0.2) is 42.5 Å². The summed E-state index contributed by atoms with van der Waals surface area (Å²) in [5.74, 6) is 0.0196. The topological polar surface area (TPSA) is 73.5 Å². The highest BCUT2D eigenvalue weighted by atomic mass is 16.2. The molecule has 1 heterocycles. The number of hydrogen-bond donors (Lipinski definition) is 3. The first kappa shape index (κ1) is 20.9. The Hall–Kier alpha value is -2.86. The molecule has 1 atom stereocenters. The molecule has 1 aliphatic heterocycles. The normalized spacial score (nSPS) is 16.8. The molecule has 0 spiro atoms. The minimum Gasteiger partial charge on any atom is -0.351 e. The molecule has 6 nitrogen and oxygen atoms in total. The average Bonchev–Trinajstić information content (AvgIpc) is 2.73. The number of carbonyl (C=O) groups is 2. The molecule has 3 N–H and O–H groups in total. The van der Waals surface area contributed by atoms with Crippen molar-refractivity contribution in [3.63, 3.8) is 0 Å². The predicted molar refractivity (Wildman–Crippen MR) is 116 cm³/mol. The van der Waals surface area contributed by atoms with Gasteiger partial charge in [-0.2, -0.15) is 0 Å². The van der Waals surface area contributed by atoms with Gasteiger partial charge in [0.1, 0.15) is 0 Å². The maximum atomic E-state index is 12.4. The number of anilines is 1. The number of likely N-dealkylation sites (tertiary alicyclic amines) is 1. The number of rotatable bonds is 7. The number of nitrogens with one attached hydrogen (secondary N) is 3. The molecule has 2 aromatic rings. The third-order valence-corrected chi connectivity index (χ3v) is 5.24. The molecule has 0 bridgehead atoms. The molecule has 0 unspecified atom stereocenters. The summed E-state index contributed by atoms with van der Waals surface area (Å²) >= 11 is 0. The van der Waals surface area contributed by atoms with E-state index in [0.29, 0.717) is 19.6 Å². The lowest BCUT2D eigenvalue weighted by Gasteiger charge is -2.35. The summed E-state index contributed by atoms with van der Waals surface area (Å²) < 4.78 is 0. The number of hydrogen-bond acceptors (Lipinski definition) is 3. The first-order valence-electron chi connectivity index (χ1n) is 10.3. The fourth-order valence-electron chi connectivity index (χ4n) is 3.55. The van der Waals surface area contributed by atoms with Crippen LogP contribution < -0.4 is 16.0 Å². The van der Waals surface area contributed by atoms with E-state index in [1.807, 2.05) is 61.5 Å². The molecule has 0 radical (unpaired) electrons. The number of amides is 3. The smallest absolute Gasteiger partial charge is 0.319 e. The maximum Gasteiger partial charge on any atom is 0.319 e. The van der Waals surface area contributed by atoms with Crippen LogP contribution in [0, 0.1) is 6.92 Å². The van der Waals surface area contributed by atoms with Crippen LogP contribution in [0.5, 0.6) is 0 Å². The summed E-state index contributed by atoms with van der Waals surface area (Å²) in [5, 5.41) is 8.78. The molecule has 3 amide bonds. The molecule has 1 saturated heterocycles. The van der Waals surface area contributed by atoms with Gasteiger partial charge in [-0.25, -0.2) is 4.79 Å². The van der Waals surface area contributed by atoms with Crippen LogP contribution in [-0.2, 0) is 11.3 Å². The van der Waals surface area contributed by atoms with Crippen molar-refractivity contribution in [2.45, 2.75) is 38.8 Å². The lowest BCUT2D eigenvalue weighted by atomic mass is 10.0. The van der Waals surface area contributed by atoms with E-state index in [1.54, 1.807) is 0 Å². The van der Waals surface area contributed by atoms with Gasteiger partial charge in [-0.05, 0) is 44.0 Å². The van der Waals surface area contributed by atoms with E-state index in [0.717, 1.165) is 37.1 Å². The Morgan fingerprint density at radius 1 is 1.00 bits per heavy atom. The van der Waals surface area contributed by atoms with Crippen LogP contribution in [0.4, 0.5) is 10.5 Å². The second kappa shape index (κ2) is 10.6. The number of para-hydroxylation sites is 1.